The van der Waals surface area contributed by atoms with E-state index in [1.54, 1.807) is 12.1 Å². The van der Waals surface area contributed by atoms with Crippen LogP contribution in [0.25, 0.3) is 11.1 Å². The Morgan fingerprint density at radius 1 is 1.10 bits per heavy atom. The number of benzene rings is 2. The van der Waals surface area contributed by atoms with E-state index < -0.39 is 23.1 Å². The Bertz CT molecular complexity index is 943. The molecule has 2 aliphatic rings. The zero-order valence-electron chi connectivity index (χ0n) is 16.3. The van der Waals surface area contributed by atoms with Crippen LogP contribution in [0.5, 0.6) is 5.75 Å². The van der Waals surface area contributed by atoms with E-state index in [-0.39, 0.29) is 5.02 Å². The van der Waals surface area contributed by atoms with Gasteiger partial charge in [0.15, 0.2) is 0 Å². The molecule has 0 heterocycles. The maximum Gasteiger partial charge on any atom is 0.416 e. The summed E-state index contributed by atoms with van der Waals surface area (Å²) in [6.07, 6.45) is 0.281. The largest absolute Gasteiger partial charge is 0.493 e. The lowest BCUT2D eigenvalue weighted by Gasteiger charge is -2.27. The summed E-state index contributed by atoms with van der Waals surface area (Å²) in [5, 5.41) is 10.2. The molecule has 30 heavy (non-hydrogen) atoms. The lowest BCUT2D eigenvalue weighted by atomic mass is 9.78. The van der Waals surface area contributed by atoms with E-state index in [1.165, 1.54) is 12.1 Å². The SMILES string of the molecule is O=C(O)C1(c2ccc(OCC3CC3)c(-c3ccc(C(F)(F)F)cc3)c2Cl)CCCC1. The van der Waals surface area contributed by atoms with Gasteiger partial charge in [-0.2, -0.15) is 13.2 Å². The molecule has 2 aromatic carbocycles. The molecule has 0 amide bonds. The van der Waals surface area contributed by atoms with Crippen LogP contribution in [-0.2, 0) is 16.4 Å². The van der Waals surface area contributed by atoms with E-state index in [1.807, 2.05) is 0 Å². The molecule has 2 fully saturated rings. The monoisotopic (exact) mass is 438 g/mol. The number of carboxylic acid groups (broad SMARTS) is 1. The topological polar surface area (TPSA) is 46.5 Å². The lowest BCUT2D eigenvalue weighted by molar-refractivity contribution is -0.143. The maximum absolute atomic E-state index is 13.0. The van der Waals surface area contributed by atoms with Crippen molar-refractivity contribution >= 4 is 17.6 Å². The van der Waals surface area contributed by atoms with Gasteiger partial charge in [0, 0.05) is 5.56 Å². The van der Waals surface area contributed by atoms with Crippen molar-refractivity contribution in [2.75, 3.05) is 6.61 Å². The van der Waals surface area contributed by atoms with Crippen LogP contribution in [0.15, 0.2) is 36.4 Å². The van der Waals surface area contributed by atoms with Gasteiger partial charge in [-0.3, -0.25) is 4.79 Å². The molecule has 1 N–H and O–H groups in total. The van der Waals surface area contributed by atoms with Crippen LogP contribution >= 0.6 is 11.6 Å². The molecule has 2 aliphatic carbocycles. The third-order valence-corrected chi connectivity index (χ3v) is 6.55. The molecule has 3 nitrogen and oxygen atoms in total. The van der Waals surface area contributed by atoms with Crippen LogP contribution in [0.3, 0.4) is 0 Å². The number of aliphatic carboxylic acids is 1. The summed E-state index contributed by atoms with van der Waals surface area (Å²) in [4.78, 5) is 12.2. The average molecular weight is 439 g/mol. The molecule has 0 radical (unpaired) electrons. The van der Waals surface area contributed by atoms with Crippen molar-refractivity contribution in [2.45, 2.75) is 50.1 Å². The third kappa shape index (κ3) is 3.89. The Balaban J connectivity index is 1.81. The third-order valence-electron chi connectivity index (χ3n) is 6.16. The minimum absolute atomic E-state index is 0.243. The summed E-state index contributed by atoms with van der Waals surface area (Å²) in [5.74, 6) is 0.0185. The normalized spacial score (nSPS) is 18.4. The van der Waals surface area contributed by atoms with E-state index in [4.69, 9.17) is 16.3 Å². The number of hydrogen-bond donors (Lipinski definition) is 1. The molecule has 2 aromatic rings. The number of ether oxygens (including phenoxy) is 1. The van der Waals surface area contributed by atoms with Crippen molar-refractivity contribution in [1.29, 1.82) is 0 Å². The first-order chi connectivity index (χ1) is 14.2. The smallest absolute Gasteiger partial charge is 0.416 e. The fraction of sp³-hybridized carbons (Fsp3) is 0.435. The van der Waals surface area contributed by atoms with Gasteiger partial charge in [-0.25, -0.2) is 0 Å². The van der Waals surface area contributed by atoms with Gasteiger partial charge in [-0.15, -0.1) is 0 Å². The zero-order valence-corrected chi connectivity index (χ0v) is 17.0. The molecule has 0 bridgehead atoms. The van der Waals surface area contributed by atoms with Crippen molar-refractivity contribution in [3.8, 4) is 16.9 Å². The first-order valence-corrected chi connectivity index (χ1v) is 10.5. The Morgan fingerprint density at radius 2 is 1.73 bits per heavy atom. The standard InChI is InChI=1S/C23H22ClF3O3/c24-20-17(22(21(28)29)11-1-2-12-22)9-10-18(30-13-14-3-4-14)19(20)15-5-7-16(8-6-15)23(25,26)27/h5-10,14H,1-4,11-13H2,(H,28,29). The summed E-state index contributed by atoms with van der Waals surface area (Å²) in [7, 11) is 0. The van der Waals surface area contributed by atoms with E-state index in [2.05, 4.69) is 0 Å². The Hall–Kier alpha value is -2.21. The minimum Gasteiger partial charge on any atom is -0.493 e. The molecule has 0 spiro atoms. The summed E-state index contributed by atoms with van der Waals surface area (Å²) >= 11 is 6.76. The fourth-order valence-electron chi connectivity index (χ4n) is 4.21. The molecule has 7 heteroatoms. The number of alkyl halides is 3. The predicted molar refractivity (Wildman–Crippen MR) is 108 cm³/mol. The highest BCUT2D eigenvalue weighted by molar-refractivity contribution is 6.35. The van der Waals surface area contributed by atoms with Crippen molar-refractivity contribution in [3.05, 3.63) is 52.5 Å². The van der Waals surface area contributed by atoms with E-state index in [0.717, 1.165) is 37.8 Å². The highest BCUT2D eigenvalue weighted by Crippen LogP contribution is 2.49. The van der Waals surface area contributed by atoms with Gasteiger partial charge >= 0.3 is 12.1 Å². The summed E-state index contributed by atoms with van der Waals surface area (Å²) < 4.78 is 44.9. The van der Waals surface area contributed by atoms with Gasteiger partial charge in [0.05, 0.1) is 22.6 Å². The second kappa shape index (κ2) is 7.80. The highest BCUT2D eigenvalue weighted by Gasteiger charge is 2.45. The van der Waals surface area contributed by atoms with Crippen molar-refractivity contribution in [3.63, 3.8) is 0 Å². The zero-order chi connectivity index (χ0) is 21.5. The summed E-state index contributed by atoms with van der Waals surface area (Å²) in [6, 6.07) is 8.15. The molecule has 0 saturated heterocycles. The second-order valence-corrected chi connectivity index (χ2v) is 8.60. The molecule has 0 atom stereocenters. The van der Waals surface area contributed by atoms with Crippen molar-refractivity contribution < 1.29 is 27.8 Å². The number of hydrogen-bond acceptors (Lipinski definition) is 2. The van der Waals surface area contributed by atoms with Gasteiger partial charge in [-0.1, -0.05) is 42.6 Å². The van der Waals surface area contributed by atoms with Crippen molar-refractivity contribution in [1.82, 2.24) is 0 Å². The molecule has 2 saturated carbocycles. The Morgan fingerprint density at radius 3 is 2.27 bits per heavy atom. The van der Waals surface area contributed by atoms with Gasteiger partial charge in [0.1, 0.15) is 5.75 Å². The summed E-state index contributed by atoms with van der Waals surface area (Å²) in [5.41, 5.74) is -0.401. The summed E-state index contributed by atoms with van der Waals surface area (Å²) in [6.45, 7) is 0.507. The molecule has 160 valence electrons. The fourth-order valence-corrected chi connectivity index (χ4v) is 4.66. The number of carbonyl (C=O) groups is 1. The minimum atomic E-state index is -4.44. The molecule has 0 unspecified atom stereocenters. The molecular formula is C23H22ClF3O3. The quantitative estimate of drug-likeness (QED) is 0.545. The predicted octanol–water partition coefficient (Wildman–Crippen LogP) is 6.71. The lowest BCUT2D eigenvalue weighted by Crippen LogP contribution is -2.33. The van der Waals surface area contributed by atoms with Crippen LogP contribution < -0.4 is 4.74 Å². The molecule has 4 rings (SSSR count). The van der Waals surface area contributed by atoms with Gasteiger partial charge < -0.3 is 9.84 Å². The van der Waals surface area contributed by atoms with Crippen LogP contribution in [0, 0.1) is 5.92 Å². The molecular weight excluding hydrogens is 417 g/mol. The van der Waals surface area contributed by atoms with Crippen LogP contribution in [0.1, 0.15) is 49.7 Å². The Labute approximate surface area is 177 Å². The Kier molecular flexibility index (Phi) is 5.47. The van der Waals surface area contributed by atoms with E-state index in [9.17, 15) is 23.1 Å². The number of rotatable bonds is 6. The molecule has 0 aromatic heterocycles. The van der Waals surface area contributed by atoms with Crippen LogP contribution in [-0.4, -0.2) is 17.7 Å². The van der Waals surface area contributed by atoms with Gasteiger partial charge in [-0.05, 0) is 60.9 Å². The maximum atomic E-state index is 13.0. The first kappa shape index (κ1) is 21.0. The second-order valence-electron chi connectivity index (χ2n) is 8.22. The average Bonchev–Trinajstić information content (AvgIpc) is 3.39. The highest BCUT2D eigenvalue weighted by atomic mass is 35.5. The number of carboxylic acids is 1. The number of halogens is 4. The molecule has 0 aliphatic heterocycles. The van der Waals surface area contributed by atoms with Gasteiger partial charge in [0.2, 0.25) is 0 Å². The van der Waals surface area contributed by atoms with Crippen LogP contribution in [0.2, 0.25) is 5.02 Å². The van der Waals surface area contributed by atoms with Crippen LogP contribution in [0.4, 0.5) is 13.2 Å². The van der Waals surface area contributed by atoms with E-state index in [0.29, 0.717) is 47.8 Å². The van der Waals surface area contributed by atoms with E-state index >= 15 is 0 Å². The van der Waals surface area contributed by atoms with Crippen molar-refractivity contribution in [2.24, 2.45) is 5.92 Å². The first-order valence-electron chi connectivity index (χ1n) is 10.1. The van der Waals surface area contributed by atoms with Gasteiger partial charge in [0.25, 0.3) is 0 Å².